The van der Waals surface area contributed by atoms with Crippen molar-refractivity contribution in [2.24, 2.45) is 0 Å². The van der Waals surface area contributed by atoms with Gasteiger partial charge < -0.3 is 5.73 Å². The van der Waals surface area contributed by atoms with Crippen LogP contribution in [-0.4, -0.2) is 19.7 Å². The van der Waals surface area contributed by atoms with E-state index >= 15 is 0 Å². The molecule has 1 aromatic heterocycles. The average molecular weight is 290 g/mol. The van der Waals surface area contributed by atoms with E-state index in [0.29, 0.717) is 0 Å². The van der Waals surface area contributed by atoms with E-state index in [0.717, 1.165) is 24.5 Å². The van der Waals surface area contributed by atoms with E-state index in [1.165, 1.54) is 6.07 Å². The van der Waals surface area contributed by atoms with E-state index in [1.807, 2.05) is 0 Å². The van der Waals surface area contributed by atoms with Gasteiger partial charge in [0.05, 0.1) is 16.0 Å². The minimum Gasteiger partial charge on any atom is -0.384 e. The molecule has 0 atom stereocenters. The molecule has 0 aliphatic carbocycles. The minimum atomic E-state index is -4.63. The Labute approximate surface area is 107 Å². The number of nitrogens with zero attached hydrogens (tertiary/aromatic N) is 1. The van der Waals surface area contributed by atoms with Crippen LogP contribution in [-0.2, 0) is 16.0 Å². The van der Waals surface area contributed by atoms with Crippen molar-refractivity contribution in [1.82, 2.24) is 4.98 Å². The highest BCUT2D eigenvalue weighted by molar-refractivity contribution is 7.91. The Morgan fingerprint density at radius 1 is 1.26 bits per heavy atom. The van der Waals surface area contributed by atoms with E-state index in [1.54, 1.807) is 0 Å². The summed E-state index contributed by atoms with van der Waals surface area (Å²) in [4.78, 5) is 3.35. The maximum absolute atomic E-state index is 12.8. The Morgan fingerprint density at radius 3 is 2.42 bits per heavy atom. The van der Waals surface area contributed by atoms with Gasteiger partial charge in [0.2, 0.25) is 0 Å². The van der Waals surface area contributed by atoms with Crippen LogP contribution in [0.25, 0.3) is 10.9 Å². The van der Waals surface area contributed by atoms with Gasteiger partial charge in [0.25, 0.3) is 0 Å². The molecule has 0 bridgehead atoms. The maximum Gasteiger partial charge on any atom is 0.418 e. The van der Waals surface area contributed by atoms with E-state index in [9.17, 15) is 21.6 Å². The van der Waals surface area contributed by atoms with Crippen molar-refractivity contribution in [3.63, 3.8) is 0 Å². The third-order valence-electron chi connectivity index (χ3n) is 2.53. The summed E-state index contributed by atoms with van der Waals surface area (Å²) in [6.45, 7) is 0. The van der Waals surface area contributed by atoms with Crippen molar-refractivity contribution in [2.75, 3.05) is 12.0 Å². The number of halogens is 3. The number of benzene rings is 1. The molecule has 0 saturated heterocycles. The van der Waals surface area contributed by atoms with Crippen molar-refractivity contribution in [2.45, 2.75) is 11.1 Å². The topological polar surface area (TPSA) is 73.0 Å². The predicted molar refractivity (Wildman–Crippen MR) is 64.3 cm³/mol. The zero-order valence-corrected chi connectivity index (χ0v) is 10.5. The van der Waals surface area contributed by atoms with Crippen LogP contribution in [0.4, 0.5) is 19.0 Å². The van der Waals surface area contributed by atoms with Gasteiger partial charge in [0, 0.05) is 11.6 Å². The van der Waals surface area contributed by atoms with Gasteiger partial charge in [-0.2, -0.15) is 13.2 Å². The fourth-order valence-electron chi connectivity index (χ4n) is 1.77. The van der Waals surface area contributed by atoms with Gasteiger partial charge in [0.15, 0.2) is 9.84 Å². The lowest BCUT2D eigenvalue weighted by Crippen LogP contribution is -2.09. The number of anilines is 1. The quantitative estimate of drug-likeness (QED) is 0.874. The Morgan fingerprint density at radius 2 is 1.89 bits per heavy atom. The van der Waals surface area contributed by atoms with E-state index < -0.39 is 27.1 Å². The lowest BCUT2D eigenvalue weighted by Gasteiger charge is -2.12. The van der Waals surface area contributed by atoms with Gasteiger partial charge in [-0.3, -0.25) is 0 Å². The SMILES string of the molecule is CS(=O)(=O)c1cc(N)nc2c(C(F)(F)F)cccc12. The van der Waals surface area contributed by atoms with Crippen LogP contribution in [0.2, 0.25) is 0 Å². The first-order valence-electron chi connectivity index (χ1n) is 5.07. The molecule has 102 valence electrons. The highest BCUT2D eigenvalue weighted by atomic mass is 32.2. The molecule has 1 heterocycles. The Bertz CT molecular complexity index is 754. The number of sulfone groups is 1. The third kappa shape index (κ3) is 2.48. The molecule has 0 spiro atoms. The number of pyridine rings is 1. The largest absolute Gasteiger partial charge is 0.418 e. The van der Waals surface area contributed by atoms with Crippen LogP contribution >= 0.6 is 0 Å². The summed E-state index contributed by atoms with van der Waals surface area (Å²) in [6.07, 6.45) is -3.73. The second kappa shape index (κ2) is 4.09. The molecule has 0 fully saturated rings. The normalized spacial score (nSPS) is 12.8. The number of nitrogen functional groups attached to an aromatic ring is 1. The number of hydrogen-bond acceptors (Lipinski definition) is 4. The van der Waals surface area contributed by atoms with Crippen molar-refractivity contribution in [3.8, 4) is 0 Å². The molecule has 0 saturated carbocycles. The minimum absolute atomic E-state index is 0.0912. The van der Waals surface area contributed by atoms with Gasteiger partial charge in [-0.05, 0) is 12.1 Å². The second-order valence-corrected chi connectivity index (χ2v) is 6.00. The van der Waals surface area contributed by atoms with E-state index in [2.05, 4.69) is 4.98 Å². The average Bonchev–Trinajstić information content (AvgIpc) is 2.24. The van der Waals surface area contributed by atoms with Crippen LogP contribution < -0.4 is 5.73 Å². The summed E-state index contributed by atoms with van der Waals surface area (Å²) in [6, 6.07) is 4.30. The summed E-state index contributed by atoms with van der Waals surface area (Å²) in [5.41, 5.74) is 3.92. The molecular weight excluding hydrogens is 281 g/mol. The lowest BCUT2D eigenvalue weighted by atomic mass is 10.1. The molecule has 8 heteroatoms. The monoisotopic (exact) mass is 290 g/mol. The summed E-state index contributed by atoms with van der Waals surface area (Å²) >= 11 is 0. The Kier molecular flexibility index (Phi) is 2.93. The van der Waals surface area contributed by atoms with E-state index in [-0.39, 0.29) is 16.1 Å². The number of alkyl halides is 3. The van der Waals surface area contributed by atoms with Crippen molar-refractivity contribution < 1.29 is 21.6 Å². The van der Waals surface area contributed by atoms with Crippen LogP contribution in [0.3, 0.4) is 0 Å². The summed E-state index contributed by atoms with van der Waals surface area (Å²) in [7, 11) is -3.70. The molecule has 1 aromatic carbocycles. The zero-order valence-electron chi connectivity index (χ0n) is 9.69. The van der Waals surface area contributed by atoms with Gasteiger partial charge in [-0.25, -0.2) is 13.4 Å². The van der Waals surface area contributed by atoms with Crippen molar-refractivity contribution in [1.29, 1.82) is 0 Å². The highest BCUT2D eigenvalue weighted by Crippen LogP contribution is 2.36. The summed E-state index contributed by atoms with van der Waals surface area (Å²) < 4.78 is 61.7. The van der Waals surface area contributed by atoms with Crippen molar-refractivity contribution >= 4 is 26.6 Å². The number of para-hydroxylation sites is 1. The molecule has 19 heavy (non-hydrogen) atoms. The number of aromatic nitrogens is 1. The van der Waals surface area contributed by atoms with Crippen LogP contribution in [0.1, 0.15) is 5.56 Å². The standard InChI is InChI=1S/C11H9F3N2O2S/c1-19(17,18)8-5-9(15)16-10-6(8)3-2-4-7(10)11(12,13)14/h2-5H,1H3,(H2,15,16). The lowest BCUT2D eigenvalue weighted by molar-refractivity contribution is -0.136. The highest BCUT2D eigenvalue weighted by Gasteiger charge is 2.34. The fourth-order valence-corrected chi connectivity index (χ4v) is 2.67. The molecule has 0 unspecified atom stereocenters. The molecule has 2 rings (SSSR count). The second-order valence-electron chi connectivity index (χ2n) is 4.02. The first-order chi connectivity index (χ1) is 8.60. The smallest absolute Gasteiger partial charge is 0.384 e. The van der Waals surface area contributed by atoms with Gasteiger partial charge in [-0.15, -0.1) is 0 Å². The van der Waals surface area contributed by atoms with Crippen LogP contribution in [0, 0.1) is 0 Å². The fraction of sp³-hybridized carbons (Fsp3) is 0.182. The summed E-state index contributed by atoms with van der Waals surface area (Å²) in [5.74, 6) is -0.273. The summed E-state index contributed by atoms with van der Waals surface area (Å²) in [5, 5.41) is -0.0912. The zero-order chi connectivity index (χ0) is 14.4. The van der Waals surface area contributed by atoms with E-state index in [4.69, 9.17) is 5.73 Å². The molecule has 4 nitrogen and oxygen atoms in total. The number of fused-ring (bicyclic) bond motifs is 1. The maximum atomic E-state index is 12.8. The molecular formula is C11H9F3N2O2S. The molecule has 0 aliphatic heterocycles. The first kappa shape index (κ1) is 13.6. The van der Waals surface area contributed by atoms with Crippen LogP contribution in [0.15, 0.2) is 29.2 Å². The number of rotatable bonds is 1. The number of hydrogen-bond donors (Lipinski definition) is 1. The Balaban J connectivity index is 2.98. The predicted octanol–water partition coefficient (Wildman–Crippen LogP) is 2.24. The van der Waals surface area contributed by atoms with Gasteiger partial charge >= 0.3 is 6.18 Å². The van der Waals surface area contributed by atoms with Crippen molar-refractivity contribution in [3.05, 3.63) is 29.8 Å². The van der Waals surface area contributed by atoms with Gasteiger partial charge in [-0.1, -0.05) is 12.1 Å². The Hall–Kier alpha value is -1.83. The molecule has 0 radical (unpaired) electrons. The molecule has 0 aliphatic rings. The van der Waals surface area contributed by atoms with Gasteiger partial charge in [0.1, 0.15) is 5.82 Å². The van der Waals surface area contributed by atoms with Crippen LogP contribution in [0.5, 0.6) is 0 Å². The third-order valence-corrected chi connectivity index (χ3v) is 3.66. The molecule has 0 amide bonds. The molecule has 2 aromatic rings. The first-order valence-corrected chi connectivity index (χ1v) is 6.96. The molecule has 2 N–H and O–H groups in total. The number of nitrogens with two attached hydrogens (primary N) is 1.